The summed E-state index contributed by atoms with van der Waals surface area (Å²) in [6.45, 7) is 4.05. The summed E-state index contributed by atoms with van der Waals surface area (Å²) >= 11 is 0. The summed E-state index contributed by atoms with van der Waals surface area (Å²) in [7, 11) is 0. The predicted octanol–water partition coefficient (Wildman–Crippen LogP) is 20.9. The number of ether oxygens (including phenoxy) is 2. The van der Waals surface area contributed by atoms with Crippen LogP contribution in [0.2, 0.25) is 0 Å². The molecule has 0 aromatic carbocycles. The Balaban J connectivity index is 3.55. The average molecular weight is 1000 g/mol. The maximum absolute atomic E-state index is 12.3. The van der Waals surface area contributed by atoms with Gasteiger partial charge >= 0.3 is 11.9 Å². The van der Waals surface area contributed by atoms with E-state index < -0.39 is 6.10 Å². The third-order valence-corrected chi connectivity index (χ3v) is 13.1. The minimum atomic E-state index is -0.780. The molecule has 1 atom stereocenters. The second-order valence-corrected chi connectivity index (χ2v) is 20.1. The van der Waals surface area contributed by atoms with E-state index in [0.717, 1.165) is 103 Å². The Morgan fingerprint density at radius 2 is 0.597 bits per heavy atom. The minimum absolute atomic E-state index is 0.0697. The molecule has 5 nitrogen and oxygen atoms in total. The van der Waals surface area contributed by atoms with E-state index in [4.69, 9.17) is 9.47 Å². The highest BCUT2D eigenvalue weighted by molar-refractivity contribution is 5.70. The molecular formula is C67H114O5. The van der Waals surface area contributed by atoms with Gasteiger partial charge in [-0.25, -0.2) is 0 Å². The topological polar surface area (TPSA) is 72.8 Å². The van der Waals surface area contributed by atoms with Gasteiger partial charge < -0.3 is 14.6 Å². The third kappa shape index (κ3) is 59.1. The summed E-state index contributed by atoms with van der Waals surface area (Å²) in [4.78, 5) is 24.6. The van der Waals surface area contributed by atoms with Crippen molar-refractivity contribution in [1.29, 1.82) is 0 Å². The molecule has 0 heterocycles. The van der Waals surface area contributed by atoms with Crippen LogP contribution in [0.15, 0.2) is 109 Å². The van der Waals surface area contributed by atoms with Crippen molar-refractivity contribution in [2.75, 3.05) is 13.2 Å². The lowest BCUT2D eigenvalue weighted by Crippen LogP contribution is -2.28. The summed E-state index contributed by atoms with van der Waals surface area (Å²) in [5, 5.41) is 9.67. The maximum Gasteiger partial charge on any atom is 0.306 e. The van der Waals surface area contributed by atoms with Crippen LogP contribution in [0.4, 0.5) is 0 Å². The fourth-order valence-corrected chi connectivity index (χ4v) is 8.55. The van der Waals surface area contributed by atoms with Crippen LogP contribution in [0.25, 0.3) is 0 Å². The lowest BCUT2D eigenvalue weighted by molar-refractivity contribution is -0.161. The molecule has 0 aliphatic rings. The second kappa shape index (κ2) is 61.9. The number of esters is 2. The molecule has 0 aromatic heterocycles. The molecule has 0 amide bonds. The lowest BCUT2D eigenvalue weighted by atomic mass is 10.0. The van der Waals surface area contributed by atoms with Gasteiger partial charge in [-0.05, 0) is 83.5 Å². The van der Waals surface area contributed by atoms with Crippen molar-refractivity contribution in [3.05, 3.63) is 109 Å². The van der Waals surface area contributed by atoms with Gasteiger partial charge in [-0.3, -0.25) is 9.59 Å². The van der Waals surface area contributed by atoms with Crippen LogP contribution in [0.3, 0.4) is 0 Å². The molecule has 0 bridgehead atoms. The number of allylic oxidation sites excluding steroid dienone is 18. The third-order valence-electron chi connectivity index (χ3n) is 13.1. The Morgan fingerprint density at radius 1 is 0.333 bits per heavy atom. The smallest absolute Gasteiger partial charge is 0.306 e. The Kier molecular flexibility index (Phi) is 58.9. The second-order valence-electron chi connectivity index (χ2n) is 20.1. The number of aliphatic hydroxyl groups is 1. The van der Waals surface area contributed by atoms with E-state index in [1.54, 1.807) is 0 Å². The van der Waals surface area contributed by atoms with Crippen LogP contribution >= 0.6 is 0 Å². The van der Waals surface area contributed by atoms with Crippen molar-refractivity contribution in [2.45, 2.75) is 290 Å². The van der Waals surface area contributed by atoms with Gasteiger partial charge in [0.1, 0.15) is 6.61 Å². The van der Waals surface area contributed by atoms with Gasteiger partial charge in [0.05, 0.1) is 6.61 Å². The zero-order valence-corrected chi connectivity index (χ0v) is 47.2. The maximum atomic E-state index is 12.3. The van der Waals surface area contributed by atoms with Gasteiger partial charge in [0.25, 0.3) is 0 Å². The van der Waals surface area contributed by atoms with Crippen LogP contribution in [0.1, 0.15) is 284 Å². The van der Waals surface area contributed by atoms with Crippen molar-refractivity contribution < 1.29 is 24.2 Å². The number of unbranched alkanes of at least 4 members (excludes halogenated alkanes) is 29. The first-order chi connectivity index (χ1) is 35.6. The van der Waals surface area contributed by atoms with Crippen molar-refractivity contribution in [3.63, 3.8) is 0 Å². The van der Waals surface area contributed by atoms with Crippen LogP contribution in [0.5, 0.6) is 0 Å². The highest BCUT2D eigenvalue weighted by Gasteiger charge is 2.16. The zero-order chi connectivity index (χ0) is 52.0. The molecule has 0 rings (SSSR count). The first-order valence-electron chi connectivity index (χ1n) is 30.4. The van der Waals surface area contributed by atoms with E-state index in [9.17, 15) is 14.7 Å². The quantitative estimate of drug-likeness (QED) is 0.0373. The number of aliphatic hydroxyl groups excluding tert-OH is 1. The van der Waals surface area contributed by atoms with Crippen molar-refractivity contribution in [1.82, 2.24) is 0 Å². The fourth-order valence-electron chi connectivity index (χ4n) is 8.55. The summed E-state index contributed by atoms with van der Waals surface area (Å²) in [6, 6.07) is 0. The standard InChI is InChI=1S/C67H114O5/c1-3-5-7-9-11-13-15-17-19-21-23-25-26-27-28-29-30-31-32-33-34-35-36-37-38-39-40-42-44-46-48-50-52-54-56-58-60-62-67(70)72-65(63-68)64-71-66(69)61-59-57-55-53-51-49-47-45-43-41-24-22-20-18-16-14-12-10-8-6-4-2/h5,7,11,13,17,19,23,25,27-28,30-31,33-34,36-37,39-40,65,68H,3-4,6,8-10,12,14-16,18,20-22,24,26,29,32,35,38,41-64H2,1-2H3/b7-5-,13-11-,19-17-,25-23-,28-27-,31-30-,34-33-,37-36-,40-39-. The molecule has 0 aliphatic carbocycles. The predicted molar refractivity (Wildman–Crippen MR) is 315 cm³/mol. The first-order valence-corrected chi connectivity index (χ1v) is 30.4. The average Bonchev–Trinajstić information content (AvgIpc) is 3.38. The molecule has 72 heavy (non-hydrogen) atoms. The van der Waals surface area contributed by atoms with E-state index in [1.807, 2.05) is 0 Å². The minimum Gasteiger partial charge on any atom is -0.462 e. The Morgan fingerprint density at radius 3 is 0.903 bits per heavy atom. The monoisotopic (exact) mass is 999 g/mol. The lowest BCUT2D eigenvalue weighted by Gasteiger charge is -2.15. The van der Waals surface area contributed by atoms with Gasteiger partial charge in [0.15, 0.2) is 6.10 Å². The molecule has 412 valence electrons. The molecule has 0 aromatic rings. The highest BCUT2D eigenvalue weighted by atomic mass is 16.6. The molecular weight excluding hydrogens is 885 g/mol. The largest absolute Gasteiger partial charge is 0.462 e. The number of rotatable bonds is 55. The molecule has 1 N–H and O–H groups in total. The van der Waals surface area contributed by atoms with Crippen LogP contribution < -0.4 is 0 Å². The molecule has 5 heteroatoms. The van der Waals surface area contributed by atoms with E-state index in [2.05, 4.69) is 123 Å². The summed E-state index contributed by atoms with van der Waals surface area (Å²) in [5.41, 5.74) is 0. The first kappa shape index (κ1) is 68.6. The highest BCUT2D eigenvalue weighted by Crippen LogP contribution is 2.16. The summed E-state index contributed by atoms with van der Waals surface area (Å²) in [6.07, 6.45) is 89.3. The van der Waals surface area contributed by atoms with Gasteiger partial charge in [-0.15, -0.1) is 0 Å². The van der Waals surface area contributed by atoms with Crippen LogP contribution in [-0.4, -0.2) is 36.4 Å². The molecule has 0 radical (unpaired) electrons. The van der Waals surface area contributed by atoms with E-state index in [-0.39, 0.29) is 25.2 Å². The zero-order valence-electron chi connectivity index (χ0n) is 47.2. The molecule has 0 saturated heterocycles. The molecule has 0 fully saturated rings. The van der Waals surface area contributed by atoms with Gasteiger partial charge in [-0.2, -0.15) is 0 Å². The van der Waals surface area contributed by atoms with Gasteiger partial charge in [-0.1, -0.05) is 297 Å². The number of hydrogen-bond donors (Lipinski definition) is 1. The van der Waals surface area contributed by atoms with Crippen molar-refractivity contribution in [3.8, 4) is 0 Å². The number of hydrogen-bond acceptors (Lipinski definition) is 5. The summed E-state index contributed by atoms with van der Waals surface area (Å²) in [5.74, 6) is -0.591. The van der Waals surface area contributed by atoms with Gasteiger partial charge in [0, 0.05) is 12.8 Å². The van der Waals surface area contributed by atoms with Crippen molar-refractivity contribution >= 4 is 11.9 Å². The van der Waals surface area contributed by atoms with Crippen LogP contribution in [-0.2, 0) is 19.1 Å². The van der Waals surface area contributed by atoms with E-state index in [1.165, 1.54) is 154 Å². The SMILES string of the molecule is CC/C=C\C/C=C\C/C=C\C/C=C\C/C=C\C/C=C\C/C=C\C/C=C\C/C=C\CCCCCCCCCCCC(=O)OC(CO)COC(=O)CCCCCCCCCCCCCCCCCCCCCCC. The van der Waals surface area contributed by atoms with Gasteiger partial charge in [0.2, 0.25) is 0 Å². The molecule has 0 aliphatic heterocycles. The van der Waals surface area contributed by atoms with Crippen molar-refractivity contribution in [2.24, 2.45) is 0 Å². The molecule has 1 unspecified atom stereocenters. The Bertz CT molecular complexity index is 1410. The van der Waals surface area contributed by atoms with E-state index in [0.29, 0.717) is 12.8 Å². The van der Waals surface area contributed by atoms with E-state index >= 15 is 0 Å². The Hall–Kier alpha value is -3.44. The summed E-state index contributed by atoms with van der Waals surface area (Å²) < 4.78 is 10.7. The Labute approximate surface area is 446 Å². The number of carbonyl (C=O) groups is 2. The fraction of sp³-hybridized carbons (Fsp3) is 0.701. The normalized spacial score (nSPS) is 13.0. The molecule has 0 spiro atoms. The number of carbonyl (C=O) groups excluding carboxylic acids is 2. The molecule has 0 saturated carbocycles. The van der Waals surface area contributed by atoms with Crippen LogP contribution in [0, 0.1) is 0 Å².